The summed E-state index contributed by atoms with van der Waals surface area (Å²) in [4.78, 5) is 41.4. The van der Waals surface area contributed by atoms with Crippen LogP contribution in [0.4, 0.5) is 0 Å². The number of nitrogens with zero attached hydrogens (tertiary/aromatic N) is 2. The average Bonchev–Trinajstić information content (AvgIpc) is 3.33. The van der Waals surface area contributed by atoms with E-state index in [0.717, 1.165) is 5.56 Å². The number of ether oxygens (including phenoxy) is 2. The van der Waals surface area contributed by atoms with Crippen molar-refractivity contribution in [3.8, 4) is 17.1 Å². The number of pyridine rings is 2. The quantitative estimate of drug-likeness (QED) is 0.133. The Morgan fingerprint density at radius 1 is 1.14 bits per heavy atom. The number of aryl methyl sites for hydroxylation is 1. The SMILES string of the molecule is CCc1c2c(nc3ccc(OC4OC(C(=O)O)C(O)C(O)C4O)cc13)-c1cc(C(O)(CC)C(=O)[O-])c(CO)c(=O)n1C2. The van der Waals surface area contributed by atoms with E-state index in [9.17, 15) is 50.1 Å². The van der Waals surface area contributed by atoms with Crippen molar-refractivity contribution in [3.63, 3.8) is 0 Å². The van der Waals surface area contributed by atoms with Gasteiger partial charge in [0.2, 0.25) is 6.29 Å². The van der Waals surface area contributed by atoms with Crippen LogP contribution in [0, 0.1) is 0 Å². The van der Waals surface area contributed by atoms with Gasteiger partial charge in [-0.3, -0.25) is 4.79 Å². The minimum Gasteiger partial charge on any atom is -0.547 e. The molecule has 1 aromatic carbocycles. The lowest BCUT2D eigenvalue weighted by molar-refractivity contribution is -0.326. The molecule has 0 amide bonds. The van der Waals surface area contributed by atoms with Gasteiger partial charge in [0.1, 0.15) is 29.7 Å². The average molecular weight is 586 g/mol. The fraction of sp³-hybridized carbons (Fsp3) is 0.429. The van der Waals surface area contributed by atoms with Crippen LogP contribution in [0.2, 0.25) is 0 Å². The number of fused-ring (bicyclic) bond motifs is 4. The summed E-state index contributed by atoms with van der Waals surface area (Å²) in [7, 11) is 0. The highest BCUT2D eigenvalue weighted by Crippen LogP contribution is 2.39. The molecule has 14 nitrogen and oxygen atoms in total. The Morgan fingerprint density at radius 2 is 1.86 bits per heavy atom. The van der Waals surface area contributed by atoms with Crippen molar-refractivity contribution >= 4 is 22.8 Å². The summed E-state index contributed by atoms with van der Waals surface area (Å²) in [5.41, 5.74) is -1.21. The van der Waals surface area contributed by atoms with Gasteiger partial charge in [0.25, 0.3) is 5.56 Å². The molecule has 2 aliphatic heterocycles. The number of aliphatic hydroxyl groups excluding tert-OH is 4. The van der Waals surface area contributed by atoms with E-state index in [0.29, 0.717) is 28.6 Å². The Labute approximate surface area is 237 Å². The highest BCUT2D eigenvalue weighted by atomic mass is 16.7. The highest BCUT2D eigenvalue weighted by molar-refractivity contribution is 5.89. The van der Waals surface area contributed by atoms with Gasteiger partial charge in [-0.15, -0.1) is 0 Å². The Morgan fingerprint density at radius 3 is 2.45 bits per heavy atom. The molecule has 6 N–H and O–H groups in total. The van der Waals surface area contributed by atoms with Crippen LogP contribution in [0.3, 0.4) is 0 Å². The summed E-state index contributed by atoms with van der Waals surface area (Å²) < 4.78 is 12.2. The van der Waals surface area contributed by atoms with Crippen LogP contribution in [0.5, 0.6) is 5.75 Å². The summed E-state index contributed by atoms with van der Waals surface area (Å²) >= 11 is 0. The molecule has 0 radical (unpaired) electrons. The zero-order valence-electron chi connectivity index (χ0n) is 22.6. The summed E-state index contributed by atoms with van der Waals surface area (Å²) in [5, 5.41) is 73.0. The Balaban J connectivity index is 1.60. The number of aliphatic hydroxyl groups is 5. The molecule has 6 atom stereocenters. The van der Waals surface area contributed by atoms with Crippen molar-refractivity contribution in [2.45, 2.75) is 76.1 Å². The molecule has 0 spiro atoms. The van der Waals surface area contributed by atoms with Crippen LogP contribution in [0.1, 0.15) is 42.5 Å². The Kier molecular flexibility index (Phi) is 7.55. The zero-order valence-corrected chi connectivity index (χ0v) is 22.6. The van der Waals surface area contributed by atoms with Gasteiger partial charge in [0, 0.05) is 22.1 Å². The number of rotatable bonds is 8. The van der Waals surface area contributed by atoms with Crippen molar-refractivity contribution in [2.24, 2.45) is 0 Å². The second-order valence-corrected chi connectivity index (χ2v) is 10.3. The first kappa shape index (κ1) is 29.6. The number of carbonyl (C=O) groups excluding carboxylic acids is 1. The molecule has 2 aliphatic rings. The molecule has 0 aliphatic carbocycles. The third-order valence-corrected chi connectivity index (χ3v) is 8.01. The lowest BCUT2D eigenvalue weighted by atomic mass is 9.87. The maximum atomic E-state index is 13.4. The number of carboxylic acids is 2. The number of aliphatic carboxylic acids is 2. The van der Waals surface area contributed by atoms with Crippen LogP contribution in [0.25, 0.3) is 22.3 Å². The maximum Gasteiger partial charge on any atom is 0.335 e. The van der Waals surface area contributed by atoms with Gasteiger partial charge in [-0.1, -0.05) is 13.8 Å². The lowest BCUT2D eigenvalue weighted by Crippen LogP contribution is -2.61. The van der Waals surface area contributed by atoms with E-state index in [-0.39, 0.29) is 35.5 Å². The van der Waals surface area contributed by atoms with Gasteiger partial charge in [-0.25, -0.2) is 9.78 Å². The molecule has 224 valence electrons. The normalized spacial score (nSPS) is 24.6. The fourth-order valence-electron chi connectivity index (χ4n) is 5.66. The number of benzene rings is 1. The van der Waals surface area contributed by atoms with Crippen molar-refractivity contribution in [1.82, 2.24) is 9.55 Å². The van der Waals surface area contributed by atoms with Crippen molar-refractivity contribution in [1.29, 1.82) is 0 Å². The van der Waals surface area contributed by atoms with Crippen LogP contribution in [-0.4, -0.2) is 82.8 Å². The van der Waals surface area contributed by atoms with Gasteiger partial charge < -0.3 is 54.6 Å². The second-order valence-electron chi connectivity index (χ2n) is 10.3. The molecule has 42 heavy (non-hydrogen) atoms. The van der Waals surface area contributed by atoms with Crippen LogP contribution < -0.4 is 15.4 Å². The van der Waals surface area contributed by atoms with Gasteiger partial charge in [0.05, 0.1) is 36.0 Å². The van der Waals surface area contributed by atoms with Crippen LogP contribution in [-0.2, 0) is 39.5 Å². The Hall–Kier alpha value is -3.92. The van der Waals surface area contributed by atoms with Gasteiger partial charge in [-0.2, -0.15) is 0 Å². The predicted molar refractivity (Wildman–Crippen MR) is 140 cm³/mol. The molecular weight excluding hydrogens is 556 g/mol. The molecular formula is C28H29N2O12-. The van der Waals surface area contributed by atoms with E-state index in [1.54, 1.807) is 12.1 Å². The molecule has 1 saturated heterocycles. The molecule has 0 bridgehead atoms. The van der Waals surface area contributed by atoms with E-state index in [4.69, 9.17) is 14.5 Å². The second kappa shape index (κ2) is 10.7. The number of aromatic nitrogens is 2. The zero-order chi connectivity index (χ0) is 30.7. The first-order valence-electron chi connectivity index (χ1n) is 13.2. The molecule has 3 aromatic rings. The predicted octanol–water partition coefficient (Wildman–Crippen LogP) is -1.90. The summed E-state index contributed by atoms with van der Waals surface area (Å²) in [6.45, 7) is 2.53. The number of carbonyl (C=O) groups is 2. The van der Waals surface area contributed by atoms with E-state index >= 15 is 0 Å². The van der Waals surface area contributed by atoms with Crippen LogP contribution in [0.15, 0.2) is 29.1 Å². The topological polar surface area (TPSA) is 232 Å². The molecule has 2 aromatic heterocycles. The van der Waals surface area contributed by atoms with E-state index in [1.807, 2.05) is 6.92 Å². The van der Waals surface area contributed by atoms with E-state index in [1.165, 1.54) is 23.6 Å². The number of hydrogen-bond donors (Lipinski definition) is 6. The summed E-state index contributed by atoms with van der Waals surface area (Å²) in [6, 6.07) is 5.96. The van der Waals surface area contributed by atoms with Gasteiger partial charge >= 0.3 is 5.97 Å². The third-order valence-electron chi connectivity index (χ3n) is 8.01. The fourth-order valence-corrected chi connectivity index (χ4v) is 5.66. The minimum absolute atomic E-state index is 0.0542. The first-order valence-corrected chi connectivity index (χ1v) is 13.2. The van der Waals surface area contributed by atoms with Crippen molar-refractivity contribution in [2.75, 3.05) is 0 Å². The molecule has 0 saturated carbocycles. The summed E-state index contributed by atoms with van der Waals surface area (Å²) in [5.74, 6) is -3.22. The minimum atomic E-state index is -2.51. The largest absolute Gasteiger partial charge is 0.547 e. The molecule has 1 fully saturated rings. The molecule has 14 heteroatoms. The van der Waals surface area contributed by atoms with Crippen molar-refractivity contribution < 1.29 is 54.8 Å². The monoisotopic (exact) mass is 585 g/mol. The van der Waals surface area contributed by atoms with Gasteiger partial charge in [0.15, 0.2) is 6.10 Å². The molecule has 6 unspecified atom stereocenters. The number of carboxylic acid groups (broad SMARTS) is 2. The summed E-state index contributed by atoms with van der Waals surface area (Å²) in [6.07, 6.45) is -8.77. The standard InChI is InChI=1S/C28H30N2O12/c1-3-12-13-7-11(41-26-22(34)20(32)21(33)23(42-26)25(36)37)5-6-17(13)29-19-14(12)9-30-18(19)8-16(15(10-31)24(30)35)28(40,4-2)27(38)39/h5-8,20-23,26,31-34,40H,3-4,9-10H2,1-2H3,(H,36,37)(H,38,39)/p-1. The molecule has 4 heterocycles. The van der Waals surface area contributed by atoms with Crippen molar-refractivity contribution in [3.05, 3.63) is 56.9 Å². The van der Waals surface area contributed by atoms with Gasteiger partial charge in [-0.05, 0) is 42.7 Å². The molecule has 5 rings (SSSR count). The number of hydrogen-bond acceptors (Lipinski definition) is 12. The Bertz CT molecular complexity index is 1650. The van der Waals surface area contributed by atoms with Crippen LogP contribution >= 0.6 is 0 Å². The van der Waals surface area contributed by atoms with E-state index < -0.39 is 60.4 Å². The third kappa shape index (κ3) is 4.43. The highest BCUT2D eigenvalue weighted by Gasteiger charge is 2.48. The smallest absolute Gasteiger partial charge is 0.335 e. The van der Waals surface area contributed by atoms with E-state index in [2.05, 4.69) is 0 Å². The lowest BCUT2D eigenvalue weighted by Gasteiger charge is -2.38. The maximum absolute atomic E-state index is 13.4. The first-order chi connectivity index (χ1) is 19.9.